The molecule has 1 atom stereocenters. The van der Waals surface area contributed by atoms with E-state index < -0.39 is 5.97 Å². The number of ether oxygens (including phenoxy) is 2. The minimum atomic E-state index is -0.390. The summed E-state index contributed by atoms with van der Waals surface area (Å²) >= 11 is 0. The highest BCUT2D eigenvalue weighted by Gasteiger charge is 2.27. The number of hydrogen-bond acceptors (Lipinski definition) is 9. The van der Waals surface area contributed by atoms with Crippen molar-refractivity contribution in [2.75, 3.05) is 24.7 Å². The van der Waals surface area contributed by atoms with Gasteiger partial charge in [-0.25, -0.2) is 14.8 Å². The Hall–Kier alpha value is -4.73. The predicted octanol–water partition coefficient (Wildman–Crippen LogP) is 3.35. The van der Waals surface area contributed by atoms with Crippen LogP contribution in [0, 0.1) is 0 Å². The zero-order valence-corrected chi connectivity index (χ0v) is 19.0. The molecule has 0 saturated heterocycles. The molecule has 3 aromatic rings. The van der Waals surface area contributed by atoms with Gasteiger partial charge in [-0.05, 0) is 35.9 Å². The number of nitrogens with zero attached hydrogens (tertiary/aromatic N) is 4. The number of hydrazone groups is 1. The van der Waals surface area contributed by atoms with Crippen LogP contribution in [-0.2, 0) is 16.1 Å². The Labute approximate surface area is 202 Å². The Kier molecular flexibility index (Phi) is 7.01. The van der Waals surface area contributed by atoms with E-state index >= 15 is 0 Å². The number of anilines is 2. The molecule has 1 amide bonds. The molecule has 178 valence electrons. The van der Waals surface area contributed by atoms with Gasteiger partial charge in [0.15, 0.2) is 0 Å². The minimum absolute atomic E-state index is 0.210. The zero-order chi connectivity index (χ0) is 24.8. The smallest absolute Gasteiger partial charge is 0.337 e. The quantitative estimate of drug-likeness (QED) is 0.377. The van der Waals surface area contributed by atoms with Crippen LogP contribution in [0.2, 0.25) is 0 Å². The number of benzene rings is 2. The molecule has 10 heteroatoms. The summed E-state index contributed by atoms with van der Waals surface area (Å²) in [6.45, 7) is 4.46. The first-order chi connectivity index (χ1) is 17.0. The average Bonchev–Trinajstić information content (AvgIpc) is 3.31. The van der Waals surface area contributed by atoms with Gasteiger partial charge in [-0.15, -0.1) is 0 Å². The van der Waals surface area contributed by atoms with Crippen molar-refractivity contribution in [1.29, 1.82) is 0 Å². The second kappa shape index (κ2) is 10.5. The van der Waals surface area contributed by atoms with E-state index in [1.165, 1.54) is 19.5 Å². The summed E-state index contributed by atoms with van der Waals surface area (Å²) < 4.78 is 10.8. The molecule has 4 rings (SSSR count). The van der Waals surface area contributed by atoms with Gasteiger partial charge in [-0.1, -0.05) is 24.8 Å². The summed E-state index contributed by atoms with van der Waals surface area (Å²) in [7, 11) is 1.35. The molecule has 35 heavy (non-hydrogen) atoms. The summed E-state index contributed by atoms with van der Waals surface area (Å²) in [5.74, 6) is 0.135. The molecule has 10 nitrogen and oxygen atoms in total. The largest absolute Gasteiger partial charge is 0.465 e. The number of amides is 1. The lowest BCUT2D eigenvalue weighted by molar-refractivity contribution is -0.111. The van der Waals surface area contributed by atoms with E-state index in [1.54, 1.807) is 48.7 Å². The van der Waals surface area contributed by atoms with Gasteiger partial charge in [0.1, 0.15) is 17.9 Å². The molecule has 0 bridgehead atoms. The van der Waals surface area contributed by atoms with Crippen LogP contribution >= 0.6 is 0 Å². The lowest BCUT2D eigenvalue weighted by Crippen LogP contribution is -2.19. The van der Waals surface area contributed by atoms with E-state index in [0.29, 0.717) is 41.5 Å². The second-order valence-electron chi connectivity index (χ2n) is 7.71. The summed E-state index contributed by atoms with van der Waals surface area (Å²) in [4.78, 5) is 31.8. The molecule has 3 N–H and O–H groups in total. The van der Waals surface area contributed by atoms with Crippen molar-refractivity contribution in [3.8, 4) is 11.6 Å². The molecule has 0 saturated carbocycles. The normalized spacial score (nSPS) is 14.4. The summed E-state index contributed by atoms with van der Waals surface area (Å²) in [5, 5.41) is 9.05. The highest BCUT2D eigenvalue weighted by molar-refractivity contribution is 5.99. The van der Waals surface area contributed by atoms with Gasteiger partial charge >= 0.3 is 5.97 Å². The number of esters is 1. The fourth-order valence-electron chi connectivity index (χ4n) is 3.66. The molecule has 0 radical (unpaired) electrons. The van der Waals surface area contributed by atoms with Crippen LogP contribution in [0.25, 0.3) is 0 Å². The molecule has 2 heterocycles. The Morgan fingerprint density at radius 1 is 1.23 bits per heavy atom. The number of nitrogen functional groups attached to an aromatic ring is 1. The average molecular weight is 473 g/mol. The van der Waals surface area contributed by atoms with Crippen molar-refractivity contribution in [1.82, 2.24) is 15.0 Å². The fraction of sp³-hybridized carbons (Fsp3) is 0.160. The number of nitrogens with two attached hydrogens (primary N) is 1. The predicted molar refractivity (Wildman–Crippen MR) is 131 cm³/mol. The molecule has 2 aromatic carbocycles. The van der Waals surface area contributed by atoms with Crippen LogP contribution in [0.15, 0.2) is 72.6 Å². The van der Waals surface area contributed by atoms with Gasteiger partial charge < -0.3 is 20.5 Å². The topological polar surface area (TPSA) is 132 Å². The number of nitrogens with one attached hydrogen (secondary N) is 1. The van der Waals surface area contributed by atoms with Crippen LogP contribution in [0.5, 0.6) is 11.6 Å². The molecule has 1 aliphatic rings. The number of methoxy groups -OCH3 is 1. The lowest BCUT2D eigenvalue weighted by atomic mass is 10.0. The molecule has 1 aromatic heterocycles. The zero-order valence-electron chi connectivity index (χ0n) is 19.0. The van der Waals surface area contributed by atoms with Gasteiger partial charge in [0, 0.05) is 30.4 Å². The molecular weight excluding hydrogens is 448 g/mol. The Balaban J connectivity index is 1.50. The fourth-order valence-corrected chi connectivity index (χ4v) is 3.66. The first kappa shape index (κ1) is 23.4. The van der Waals surface area contributed by atoms with Crippen LogP contribution in [0.1, 0.15) is 27.4 Å². The van der Waals surface area contributed by atoms with E-state index in [-0.39, 0.29) is 17.6 Å². The van der Waals surface area contributed by atoms with Crippen LogP contribution in [-0.4, -0.2) is 46.7 Å². The maximum atomic E-state index is 11.8. The van der Waals surface area contributed by atoms with Crippen molar-refractivity contribution in [2.24, 2.45) is 5.10 Å². The molecule has 0 fully saturated rings. The van der Waals surface area contributed by atoms with E-state index in [4.69, 9.17) is 15.2 Å². The summed E-state index contributed by atoms with van der Waals surface area (Å²) in [6.07, 6.45) is 4.29. The Bertz CT molecular complexity index is 1290. The van der Waals surface area contributed by atoms with Gasteiger partial charge in [0.05, 0.1) is 24.8 Å². The van der Waals surface area contributed by atoms with Crippen LogP contribution in [0.3, 0.4) is 0 Å². The van der Waals surface area contributed by atoms with Gasteiger partial charge in [0.25, 0.3) is 0 Å². The highest BCUT2D eigenvalue weighted by Crippen LogP contribution is 2.34. The summed E-state index contributed by atoms with van der Waals surface area (Å²) in [6, 6.07) is 14.1. The van der Waals surface area contributed by atoms with Crippen molar-refractivity contribution >= 4 is 29.6 Å². The third kappa shape index (κ3) is 5.61. The van der Waals surface area contributed by atoms with E-state index in [0.717, 1.165) is 5.56 Å². The number of carbonyl (C=O) groups is 2. The highest BCUT2D eigenvalue weighted by atomic mass is 16.5. The lowest BCUT2D eigenvalue weighted by Gasteiger charge is -2.18. The first-order valence-electron chi connectivity index (χ1n) is 10.7. The van der Waals surface area contributed by atoms with E-state index in [9.17, 15) is 9.59 Å². The summed E-state index contributed by atoms with van der Waals surface area (Å²) in [5.41, 5.74) is 8.77. The third-order valence-electron chi connectivity index (χ3n) is 5.28. The second-order valence-corrected chi connectivity index (χ2v) is 7.71. The number of rotatable bonds is 8. The number of aromatic nitrogens is 2. The van der Waals surface area contributed by atoms with Crippen molar-refractivity contribution in [3.05, 3.63) is 84.2 Å². The monoisotopic (exact) mass is 472 g/mol. The van der Waals surface area contributed by atoms with Gasteiger partial charge in [0.2, 0.25) is 11.8 Å². The van der Waals surface area contributed by atoms with Crippen molar-refractivity contribution < 1.29 is 19.1 Å². The standard InChI is InChI=1S/C25H24N6O4/c1-3-21(32)30-19-8-5-9-20(11-19)35-24-22(23(26)27-15-28-24)18-12-29-31(14-18)13-16-6-4-7-17(10-16)25(33)34-2/h3-12,15,18H,1,13-14H2,2H3,(H,30,32)(H2,26,27,28). The molecule has 1 unspecified atom stereocenters. The maximum absolute atomic E-state index is 11.8. The molecule has 0 aliphatic carbocycles. The Morgan fingerprint density at radius 2 is 2.06 bits per heavy atom. The van der Waals surface area contributed by atoms with Crippen LogP contribution in [0.4, 0.5) is 11.5 Å². The maximum Gasteiger partial charge on any atom is 0.337 e. The van der Waals surface area contributed by atoms with E-state index in [1.807, 2.05) is 11.1 Å². The van der Waals surface area contributed by atoms with Gasteiger partial charge in [-0.3, -0.25) is 9.80 Å². The SMILES string of the molecule is C=CC(=O)Nc1cccc(Oc2ncnc(N)c2C2C=NN(Cc3cccc(C(=O)OC)c3)C2)c1. The third-order valence-corrected chi connectivity index (χ3v) is 5.28. The first-order valence-corrected chi connectivity index (χ1v) is 10.7. The minimum Gasteiger partial charge on any atom is -0.465 e. The van der Waals surface area contributed by atoms with Crippen LogP contribution < -0.4 is 15.8 Å². The van der Waals surface area contributed by atoms with Crippen molar-refractivity contribution in [2.45, 2.75) is 12.5 Å². The van der Waals surface area contributed by atoms with Crippen molar-refractivity contribution in [3.63, 3.8) is 0 Å². The molecular formula is C25H24N6O4. The molecule has 0 spiro atoms. The number of carbonyl (C=O) groups excluding carboxylic acids is 2. The Morgan fingerprint density at radius 3 is 2.86 bits per heavy atom. The van der Waals surface area contributed by atoms with Gasteiger partial charge in [-0.2, -0.15) is 5.10 Å². The molecule has 1 aliphatic heterocycles. The van der Waals surface area contributed by atoms with E-state index in [2.05, 4.69) is 27.0 Å². The number of hydrogen-bond donors (Lipinski definition) is 2.